The maximum absolute atomic E-state index is 12.3. The summed E-state index contributed by atoms with van der Waals surface area (Å²) in [6.45, 7) is 0.869. The van der Waals surface area contributed by atoms with Gasteiger partial charge < -0.3 is 16.0 Å². The lowest BCUT2D eigenvalue weighted by molar-refractivity contribution is 0.0693. The molecule has 0 aliphatic carbocycles. The van der Waals surface area contributed by atoms with Gasteiger partial charge in [-0.3, -0.25) is 19.3 Å². The molecule has 120 valence electrons. The maximum Gasteiger partial charge on any atom is 0.314 e. The van der Waals surface area contributed by atoms with Gasteiger partial charge in [-0.1, -0.05) is 0 Å². The largest absolute Gasteiger partial charge is 0.351 e. The van der Waals surface area contributed by atoms with Crippen molar-refractivity contribution in [1.29, 1.82) is 0 Å². The molecule has 1 aromatic carbocycles. The molecule has 0 bridgehead atoms. The molecule has 8 heteroatoms. The summed E-state index contributed by atoms with van der Waals surface area (Å²) >= 11 is 0. The molecule has 1 aromatic rings. The second-order valence-corrected chi connectivity index (χ2v) is 5.67. The van der Waals surface area contributed by atoms with Gasteiger partial charge in [0, 0.05) is 31.7 Å². The highest BCUT2D eigenvalue weighted by Gasteiger charge is 2.33. The molecule has 1 atom stereocenters. The van der Waals surface area contributed by atoms with E-state index in [1.54, 1.807) is 0 Å². The number of carbonyl (C=O) groups excluding carboxylic acids is 4. The van der Waals surface area contributed by atoms with Crippen molar-refractivity contribution in [3.8, 4) is 0 Å². The van der Waals surface area contributed by atoms with Crippen molar-refractivity contribution in [2.45, 2.75) is 12.5 Å². The Morgan fingerprint density at radius 1 is 1.22 bits per heavy atom. The van der Waals surface area contributed by atoms with Crippen LogP contribution in [0, 0.1) is 0 Å². The highest BCUT2D eigenvalue weighted by Crippen LogP contribution is 2.23. The van der Waals surface area contributed by atoms with E-state index in [1.165, 1.54) is 30.1 Å². The number of rotatable bonds is 2. The smallest absolute Gasteiger partial charge is 0.314 e. The van der Waals surface area contributed by atoms with Gasteiger partial charge in [0.05, 0.1) is 11.1 Å². The number of hydrogen-bond acceptors (Lipinski definition) is 4. The molecule has 1 unspecified atom stereocenters. The second-order valence-electron chi connectivity index (χ2n) is 5.67. The van der Waals surface area contributed by atoms with E-state index in [1.807, 2.05) is 0 Å². The van der Waals surface area contributed by atoms with E-state index in [2.05, 4.69) is 5.32 Å². The zero-order valence-corrected chi connectivity index (χ0v) is 12.5. The van der Waals surface area contributed by atoms with Gasteiger partial charge in [-0.15, -0.1) is 0 Å². The van der Waals surface area contributed by atoms with Crippen LogP contribution in [0.1, 0.15) is 37.5 Å². The molecule has 1 fully saturated rings. The third-order valence-corrected chi connectivity index (χ3v) is 4.19. The third-order valence-electron chi connectivity index (χ3n) is 4.19. The molecule has 5 amide bonds. The number of urea groups is 1. The summed E-state index contributed by atoms with van der Waals surface area (Å²) in [6, 6.07) is 3.74. The molecule has 2 aliphatic heterocycles. The van der Waals surface area contributed by atoms with E-state index in [4.69, 9.17) is 5.73 Å². The van der Waals surface area contributed by atoms with Gasteiger partial charge in [-0.2, -0.15) is 0 Å². The van der Waals surface area contributed by atoms with Crippen LogP contribution in [0.15, 0.2) is 18.2 Å². The minimum absolute atomic E-state index is 0.178. The fraction of sp³-hybridized carbons (Fsp3) is 0.333. The summed E-state index contributed by atoms with van der Waals surface area (Å²) in [5.74, 6) is -1.14. The van der Waals surface area contributed by atoms with Crippen molar-refractivity contribution in [2.75, 3.05) is 20.1 Å². The van der Waals surface area contributed by atoms with Crippen molar-refractivity contribution >= 4 is 23.8 Å². The van der Waals surface area contributed by atoms with Gasteiger partial charge in [-0.25, -0.2) is 4.79 Å². The van der Waals surface area contributed by atoms with Crippen LogP contribution in [0.25, 0.3) is 0 Å². The predicted molar refractivity (Wildman–Crippen MR) is 79.9 cm³/mol. The van der Waals surface area contributed by atoms with Crippen LogP contribution in [0.2, 0.25) is 0 Å². The molecule has 0 radical (unpaired) electrons. The standard InChI is InChI=1S/C15H16N4O4/c1-18-13(21)10-3-2-8(6-11(10)14(18)22)12(20)17-9-4-5-19(7-9)15(16)23/h2-3,6,9H,4-5,7H2,1H3,(H2,16,23)(H,17,20). The van der Waals surface area contributed by atoms with Gasteiger partial charge in [0.1, 0.15) is 0 Å². The number of imide groups is 1. The van der Waals surface area contributed by atoms with Crippen LogP contribution in [0.5, 0.6) is 0 Å². The monoisotopic (exact) mass is 316 g/mol. The Labute approximate surface area is 132 Å². The fourth-order valence-corrected chi connectivity index (χ4v) is 2.85. The number of carbonyl (C=O) groups is 4. The van der Waals surface area contributed by atoms with Crippen LogP contribution in [-0.2, 0) is 0 Å². The molecule has 3 N–H and O–H groups in total. The number of likely N-dealkylation sites (tertiary alicyclic amines) is 1. The van der Waals surface area contributed by atoms with Gasteiger partial charge >= 0.3 is 6.03 Å². The topological polar surface area (TPSA) is 113 Å². The predicted octanol–water partition coefficient (Wildman–Crippen LogP) is -0.205. The Bertz CT molecular complexity index is 730. The van der Waals surface area contributed by atoms with E-state index in [9.17, 15) is 19.2 Å². The number of primary amides is 1. The number of fused-ring (bicyclic) bond motifs is 1. The average Bonchev–Trinajstić information content (AvgIpc) is 3.07. The minimum atomic E-state index is -0.508. The van der Waals surface area contributed by atoms with E-state index >= 15 is 0 Å². The molecule has 1 saturated heterocycles. The van der Waals surface area contributed by atoms with Gasteiger partial charge in [0.15, 0.2) is 0 Å². The molecular formula is C15H16N4O4. The van der Waals surface area contributed by atoms with Gasteiger partial charge in [0.25, 0.3) is 17.7 Å². The first-order valence-corrected chi connectivity index (χ1v) is 7.20. The number of nitrogens with zero attached hydrogens (tertiary/aromatic N) is 2. The molecular weight excluding hydrogens is 300 g/mol. The normalized spacial score (nSPS) is 20.0. The Kier molecular flexibility index (Phi) is 3.51. The lowest BCUT2D eigenvalue weighted by Gasteiger charge is -2.14. The summed E-state index contributed by atoms with van der Waals surface area (Å²) < 4.78 is 0. The molecule has 2 aliphatic rings. The van der Waals surface area contributed by atoms with E-state index in [-0.39, 0.29) is 23.4 Å². The van der Waals surface area contributed by atoms with Gasteiger partial charge in [-0.05, 0) is 24.6 Å². The molecule has 0 aromatic heterocycles. The Morgan fingerprint density at radius 3 is 2.57 bits per heavy atom. The number of amides is 5. The Balaban J connectivity index is 1.74. The Hall–Kier alpha value is -2.90. The zero-order valence-electron chi connectivity index (χ0n) is 12.5. The number of nitrogens with one attached hydrogen (secondary N) is 1. The molecule has 2 heterocycles. The SMILES string of the molecule is CN1C(=O)c2ccc(C(=O)NC3CCN(C(N)=O)C3)cc2C1=O. The summed E-state index contributed by atoms with van der Waals surface area (Å²) in [7, 11) is 1.40. The quantitative estimate of drug-likeness (QED) is 0.735. The highest BCUT2D eigenvalue weighted by atomic mass is 16.2. The first-order valence-electron chi connectivity index (χ1n) is 7.20. The van der Waals surface area contributed by atoms with Crippen LogP contribution < -0.4 is 11.1 Å². The average molecular weight is 316 g/mol. The van der Waals surface area contributed by atoms with Gasteiger partial charge in [0.2, 0.25) is 0 Å². The second kappa shape index (κ2) is 5.38. The van der Waals surface area contributed by atoms with Crippen molar-refractivity contribution in [1.82, 2.24) is 15.1 Å². The molecule has 23 heavy (non-hydrogen) atoms. The van der Waals surface area contributed by atoms with Crippen LogP contribution in [0.3, 0.4) is 0 Å². The first-order chi connectivity index (χ1) is 10.9. The van der Waals surface area contributed by atoms with Crippen LogP contribution in [-0.4, -0.2) is 59.7 Å². The van der Waals surface area contributed by atoms with Crippen molar-refractivity contribution in [2.24, 2.45) is 5.73 Å². The Morgan fingerprint density at radius 2 is 1.91 bits per heavy atom. The zero-order chi connectivity index (χ0) is 16.7. The lowest BCUT2D eigenvalue weighted by Crippen LogP contribution is -2.40. The van der Waals surface area contributed by atoms with E-state index in [0.717, 1.165) is 4.90 Å². The van der Waals surface area contributed by atoms with Crippen molar-refractivity contribution < 1.29 is 19.2 Å². The summed E-state index contributed by atoms with van der Waals surface area (Å²) in [5.41, 5.74) is 6.04. The molecule has 3 rings (SSSR count). The summed E-state index contributed by atoms with van der Waals surface area (Å²) in [4.78, 5) is 49.6. The number of benzene rings is 1. The molecule has 8 nitrogen and oxygen atoms in total. The minimum Gasteiger partial charge on any atom is -0.351 e. The van der Waals surface area contributed by atoms with Crippen molar-refractivity contribution in [3.63, 3.8) is 0 Å². The maximum atomic E-state index is 12.3. The lowest BCUT2D eigenvalue weighted by atomic mass is 10.0. The summed E-state index contributed by atoms with van der Waals surface area (Å²) in [5, 5.41) is 2.81. The highest BCUT2D eigenvalue weighted by molar-refractivity contribution is 6.21. The number of nitrogens with two attached hydrogens (primary N) is 1. The fourth-order valence-electron chi connectivity index (χ4n) is 2.85. The van der Waals surface area contributed by atoms with Crippen molar-refractivity contribution in [3.05, 3.63) is 34.9 Å². The molecule has 0 saturated carbocycles. The van der Waals surface area contributed by atoms with E-state index in [0.29, 0.717) is 30.6 Å². The summed E-state index contributed by atoms with van der Waals surface area (Å²) in [6.07, 6.45) is 0.625. The van der Waals surface area contributed by atoms with Crippen LogP contribution >= 0.6 is 0 Å². The molecule has 0 spiro atoms. The number of hydrogen-bond donors (Lipinski definition) is 2. The van der Waals surface area contributed by atoms with Crippen LogP contribution in [0.4, 0.5) is 4.79 Å². The third kappa shape index (κ3) is 2.52. The van der Waals surface area contributed by atoms with E-state index < -0.39 is 11.9 Å². The first kappa shape index (κ1) is 15.0.